The second-order valence-corrected chi connectivity index (χ2v) is 6.37. The number of fused-ring (bicyclic) bond motifs is 5. The third-order valence-corrected chi connectivity index (χ3v) is 4.75. The molecule has 0 atom stereocenters. The summed E-state index contributed by atoms with van der Waals surface area (Å²) in [7, 11) is 0. The fourth-order valence-electron chi connectivity index (χ4n) is 3.49. The third kappa shape index (κ3) is 2.16. The fraction of sp³-hybridized carbons (Fsp3) is 0. The number of hydrogen-bond acceptors (Lipinski definition) is 1. The van der Waals surface area contributed by atoms with Crippen molar-refractivity contribution in [2.45, 2.75) is 0 Å². The molecule has 3 aromatic carbocycles. The third-order valence-electron chi connectivity index (χ3n) is 4.75. The molecular weight excluding hydrogens is 375 g/mol. The molecule has 2 aromatic heterocycles. The number of halogens is 5. The zero-order valence-corrected chi connectivity index (χ0v) is 14.0. The van der Waals surface area contributed by atoms with E-state index in [0.29, 0.717) is 16.6 Å². The fourth-order valence-corrected chi connectivity index (χ4v) is 3.49. The zero-order valence-electron chi connectivity index (χ0n) is 14.0. The Labute approximate surface area is 154 Å². The molecule has 138 valence electrons. The van der Waals surface area contributed by atoms with Crippen LogP contribution in [0.5, 0.6) is 0 Å². The van der Waals surface area contributed by atoms with E-state index in [2.05, 4.69) is 5.10 Å². The quantitative estimate of drug-likeness (QED) is 0.197. The van der Waals surface area contributed by atoms with Crippen LogP contribution in [0.3, 0.4) is 0 Å². The van der Waals surface area contributed by atoms with E-state index in [1.165, 1.54) is 16.6 Å². The van der Waals surface area contributed by atoms with E-state index in [4.69, 9.17) is 0 Å². The molecule has 0 aliphatic carbocycles. The summed E-state index contributed by atoms with van der Waals surface area (Å²) in [6.07, 6.45) is 0. The van der Waals surface area contributed by atoms with E-state index in [-0.39, 0.29) is 10.9 Å². The van der Waals surface area contributed by atoms with Gasteiger partial charge in [0.2, 0.25) is 0 Å². The van der Waals surface area contributed by atoms with Gasteiger partial charge in [0.1, 0.15) is 11.3 Å². The minimum atomic E-state index is -1.94. The number of aromatic nitrogens is 2. The van der Waals surface area contributed by atoms with Gasteiger partial charge in [-0.05, 0) is 23.6 Å². The van der Waals surface area contributed by atoms with Crippen LogP contribution in [0.25, 0.3) is 38.4 Å². The van der Waals surface area contributed by atoms with Gasteiger partial charge in [-0.1, -0.05) is 36.4 Å². The van der Waals surface area contributed by atoms with Gasteiger partial charge in [-0.25, -0.2) is 26.5 Å². The molecule has 0 saturated heterocycles. The van der Waals surface area contributed by atoms with Crippen LogP contribution >= 0.6 is 0 Å². The van der Waals surface area contributed by atoms with Crippen molar-refractivity contribution in [3.05, 3.63) is 83.7 Å². The molecule has 0 fully saturated rings. The summed E-state index contributed by atoms with van der Waals surface area (Å²) in [4.78, 5) is 0. The van der Waals surface area contributed by atoms with E-state index in [0.717, 1.165) is 6.07 Å². The van der Waals surface area contributed by atoms with Crippen molar-refractivity contribution >= 4 is 27.2 Å². The van der Waals surface area contributed by atoms with Crippen molar-refractivity contribution in [1.29, 1.82) is 0 Å². The summed E-state index contributed by atoms with van der Waals surface area (Å²) in [6, 6.07) is 14.3. The molecule has 0 aliphatic rings. The molecule has 2 nitrogen and oxygen atoms in total. The first kappa shape index (κ1) is 16.7. The first-order chi connectivity index (χ1) is 13.5. The molecule has 0 saturated carbocycles. The lowest BCUT2D eigenvalue weighted by atomic mass is 10.0. The molecular formula is C21H9F5N2. The van der Waals surface area contributed by atoms with Crippen molar-refractivity contribution in [3.8, 4) is 11.3 Å². The first-order valence-electron chi connectivity index (χ1n) is 8.29. The zero-order chi connectivity index (χ0) is 19.6. The van der Waals surface area contributed by atoms with Gasteiger partial charge in [0.25, 0.3) is 0 Å². The van der Waals surface area contributed by atoms with Crippen LogP contribution in [0.1, 0.15) is 0 Å². The maximum Gasteiger partial charge on any atom is 0.199 e. The summed E-state index contributed by atoms with van der Waals surface area (Å²) in [5.74, 6) is -7.65. The van der Waals surface area contributed by atoms with Gasteiger partial charge in [-0.15, -0.1) is 0 Å². The summed E-state index contributed by atoms with van der Waals surface area (Å²) in [6.45, 7) is 0. The van der Waals surface area contributed by atoms with Gasteiger partial charge in [-0.2, -0.15) is 5.10 Å². The van der Waals surface area contributed by atoms with Crippen LogP contribution in [0.15, 0.2) is 54.6 Å². The molecule has 28 heavy (non-hydrogen) atoms. The molecule has 0 aliphatic heterocycles. The van der Waals surface area contributed by atoms with E-state index >= 15 is 0 Å². The van der Waals surface area contributed by atoms with Gasteiger partial charge in [0.05, 0.1) is 16.6 Å². The minimum absolute atomic E-state index is 0.0406. The normalized spacial score (nSPS) is 11.8. The maximum absolute atomic E-state index is 14.6. The van der Waals surface area contributed by atoms with Crippen molar-refractivity contribution in [1.82, 2.24) is 9.61 Å². The van der Waals surface area contributed by atoms with Gasteiger partial charge in [0.15, 0.2) is 23.3 Å². The van der Waals surface area contributed by atoms with Crippen molar-refractivity contribution in [2.24, 2.45) is 0 Å². The maximum atomic E-state index is 14.6. The molecule has 7 heteroatoms. The second-order valence-electron chi connectivity index (χ2n) is 6.37. The SMILES string of the molecule is Fc1ccc2cc(-c3ccccc3)n3nc4c(F)c(F)c(F)c(F)c4c3c2c1. The Morgan fingerprint density at radius 3 is 2.18 bits per heavy atom. The molecule has 0 unspecified atom stereocenters. The van der Waals surface area contributed by atoms with Crippen molar-refractivity contribution in [2.75, 3.05) is 0 Å². The average molecular weight is 384 g/mol. The molecule has 0 amide bonds. The molecule has 0 bridgehead atoms. The second kappa shape index (κ2) is 5.76. The molecule has 0 spiro atoms. The predicted octanol–water partition coefficient (Wildman–Crippen LogP) is 6.00. The predicted molar refractivity (Wildman–Crippen MR) is 95.4 cm³/mol. The smallest absolute Gasteiger partial charge is 0.199 e. The Hall–Kier alpha value is -3.48. The van der Waals surface area contributed by atoms with Gasteiger partial charge < -0.3 is 0 Å². The lowest BCUT2D eigenvalue weighted by Gasteiger charge is -2.09. The number of hydrogen-bond donors (Lipinski definition) is 0. The minimum Gasteiger partial charge on any atom is -0.231 e. The molecule has 5 aromatic rings. The largest absolute Gasteiger partial charge is 0.231 e. The van der Waals surface area contributed by atoms with Crippen molar-refractivity contribution < 1.29 is 22.0 Å². The Kier molecular flexibility index (Phi) is 3.43. The molecule has 5 rings (SSSR count). The molecule has 0 radical (unpaired) electrons. The highest BCUT2D eigenvalue weighted by atomic mass is 19.2. The lowest BCUT2D eigenvalue weighted by Crippen LogP contribution is -1.96. The first-order valence-corrected chi connectivity index (χ1v) is 8.29. The van der Waals surface area contributed by atoms with Crippen LogP contribution in [0, 0.1) is 29.1 Å². The number of rotatable bonds is 1. The highest BCUT2D eigenvalue weighted by molar-refractivity contribution is 6.11. The van der Waals surface area contributed by atoms with Gasteiger partial charge in [0, 0.05) is 10.9 Å². The van der Waals surface area contributed by atoms with Crippen LogP contribution in [-0.2, 0) is 0 Å². The van der Waals surface area contributed by atoms with Gasteiger partial charge in [-0.3, -0.25) is 0 Å². The lowest BCUT2D eigenvalue weighted by molar-refractivity contribution is 0.417. The number of pyridine rings is 1. The number of nitrogens with zero attached hydrogens (tertiary/aromatic N) is 2. The van der Waals surface area contributed by atoms with Crippen LogP contribution in [-0.4, -0.2) is 9.61 Å². The monoisotopic (exact) mass is 384 g/mol. The number of benzene rings is 3. The Balaban J connectivity index is 2.11. The average Bonchev–Trinajstić information content (AvgIpc) is 3.12. The van der Waals surface area contributed by atoms with Crippen molar-refractivity contribution in [3.63, 3.8) is 0 Å². The summed E-state index contributed by atoms with van der Waals surface area (Å²) in [5, 5.41) is 4.18. The van der Waals surface area contributed by atoms with E-state index in [1.54, 1.807) is 36.4 Å². The Bertz CT molecular complexity index is 1410. The Morgan fingerprint density at radius 2 is 1.43 bits per heavy atom. The Morgan fingerprint density at radius 1 is 0.714 bits per heavy atom. The standard InChI is InChI=1S/C21H9F5N2/c22-12-7-6-11-8-14(10-4-2-1-3-5-10)28-21(13(11)9-12)15-16(23)17(24)18(25)19(26)20(15)27-28/h1-9H. The highest BCUT2D eigenvalue weighted by Crippen LogP contribution is 2.36. The summed E-state index contributed by atoms with van der Waals surface area (Å²) >= 11 is 0. The topological polar surface area (TPSA) is 17.3 Å². The van der Waals surface area contributed by atoms with E-state index in [9.17, 15) is 22.0 Å². The van der Waals surface area contributed by atoms with Crippen LogP contribution in [0.4, 0.5) is 22.0 Å². The molecule has 2 heterocycles. The summed E-state index contributed by atoms with van der Waals surface area (Å²) in [5.41, 5.74) is 0.394. The van der Waals surface area contributed by atoms with E-state index in [1.807, 2.05) is 0 Å². The molecule has 0 N–H and O–H groups in total. The van der Waals surface area contributed by atoms with Gasteiger partial charge >= 0.3 is 0 Å². The van der Waals surface area contributed by atoms with Crippen LogP contribution < -0.4 is 0 Å². The summed E-state index contributed by atoms with van der Waals surface area (Å²) < 4.78 is 71.7. The highest BCUT2D eigenvalue weighted by Gasteiger charge is 2.26. The van der Waals surface area contributed by atoms with E-state index < -0.39 is 40.0 Å². The van der Waals surface area contributed by atoms with Crippen LogP contribution in [0.2, 0.25) is 0 Å².